The van der Waals surface area contributed by atoms with Gasteiger partial charge < -0.3 is 0 Å². The highest BCUT2D eigenvalue weighted by Gasteiger charge is 1.96. The van der Waals surface area contributed by atoms with E-state index in [0.29, 0.717) is 0 Å². The normalized spacial score (nSPS) is 11.5. The molecule has 2 nitrogen and oxygen atoms in total. The molecule has 1 aromatic rings. The van der Waals surface area contributed by atoms with Crippen LogP contribution in [-0.2, 0) is 4.79 Å². The summed E-state index contributed by atoms with van der Waals surface area (Å²) in [7, 11) is 0. The van der Waals surface area contributed by atoms with E-state index in [1.807, 2.05) is 12.1 Å². The van der Waals surface area contributed by atoms with Crippen LogP contribution in [0.4, 0.5) is 0 Å². The van der Waals surface area contributed by atoms with Gasteiger partial charge in [0.1, 0.15) is 0 Å². The third kappa shape index (κ3) is 3.11. The number of rotatable bonds is 2. The Hall–Kier alpha value is -0.960. The van der Waals surface area contributed by atoms with E-state index in [2.05, 4.69) is 20.9 Å². The summed E-state index contributed by atoms with van der Waals surface area (Å²) < 4.78 is 0.935. The first-order valence-corrected chi connectivity index (χ1v) is 4.69. The van der Waals surface area contributed by atoms with Gasteiger partial charge in [-0.3, -0.25) is 9.78 Å². The van der Waals surface area contributed by atoms with Gasteiger partial charge in [-0.1, -0.05) is 0 Å². The van der Waals surface area contributed by atoms with E-state index in [4.69, 9.17) is 0 Å². The number of aromatic nitrogens is 1. The molecule has 0 fully saturated rings. The maximum absolute atomic E-state index is 10.9. The SMILES string of the molecule is CC(=O)/C(C)=C/c1ccc(Br)cn1. The summed E-state index contributed by atoms with van der Waals surface area (Å²) in [6.45, 7) is 3.33. The molecular formula is C10H10BrNO. The zero-order valence-electron chi connectivity index (χ0n) is 7.54. The summed E-state index contributed by atoms with van der Waals surface area (Å²) in [6, 6.07) is 3.75. The molecule has 0 spiro atoms. The van der Waals surface area contributed by atoms with Crippen molar-refractivity contribution in [1.82, 2.24) is 4.98 Å². The minimum Gasteiger partial charge on any atom is -0.295 e. The van der Waals surface area contributed by atoms with Gasteiger partial charge in [0.2, 0.25) is 0 Å². The van der Waals surface area contributed by atoms with E-state index < -0.39 is 0 Å². The van der Waals surface area contributed by atoms with Crippen LogP contribution in [0.5, 0.6) is 0 Å². The summed E-state index contributed by atoms with van der Waals surface area (Å²) >= 11 is 3.29. The van der Waals surface area contributed by atoms with Crippen molar-refractivity contribution in [3.63, 3.8) is 0 Å². The summed E-state index contributed by atoms with van der Waals surface area (Å²) in [5.74, 6) is 0.0738. The van der Waals surface area contributed by atoms with Gasteiger partial charge in [-0.15, -0.1) is 0 Å². The molecule has 0 aromatic carbocycles. The monoisotopic (exact) mass is 239 g/mol. The lowest BCUT2D eigenvalue weighted by molar-refractivity contribution is -0.113. The number of nitrogens with zero attached hydrogens (tertiary/aromatic N) is 1. The van der Waals surface area contributed by atoms with Crippen LogP contribution in [0.2, 0.25) is 0 Å². The first-order chi connectivity index (χ1) is 6.09. The number of allylic oxidation sites excluding steroid dienone is 1. The van der Waals surface area contributed by atoms with Crippen LogP contribution in [-0.4, -0.2) is 10.8 Å². The Morgan fingerprint density at radius 3 is 2.62 bits per heavy atom. The van der Waals surface area contributed by atoms with Crippen molar-refractivity contribution >= 4 is 27.8 Å². The Bertz CT molecular complexity index is 340. The molecule has 13 heavy (non-hydrogen) atoms. The molecule has 3 heteroatoms. The van der Waals surface area contributed by atoms with Crippen LogP contribution >= 0.6 is 15.9 Å². The lowest BCUT2D eigenvalue weighted by Gasteiger charge is -1.95. The van der Waals surface area contributed by atoms with Crippen molar-refractivity contribution in [1.29, 1.82) is 0 Å². The van der Waals surface area contributed by atoms with Crippen molar-refractivity contribution in [2.75, 3.05) is 0 Å². The van der Waals surface area contributed by atoms with Crippen molar-refractivity contribution in [3.8, 4) is 0 Å². The standard InChI is InChI=1S/C10H10BrNO/c1-7(8(2)13)5-10-4-3-9(11)6-12-10/h3-6H,1-2H3/b7-5+. The van der Waals surface area contributed by atoms with Crippen LogP contribution in [0, 0.1) is 0 Å². The molecule has 0 amide bonds. The van der Waals surface area contributed by atoms with Crippen LogP contribution in [0.3, 0.4) is 0 Å². The van der Waals surface area contributed by atoms with E-state index in [9.17, 15) is 4.79 Å². The molecule has 0 saturated carbocycles. The van der Waals surface area contributed by atoms with Crippen LogP contribution < -0.4 is 0 Å². The number of carbonyl (C=O) groups is 1. The summed E-state index contributed by atoms with van der Waals surface area (Å²) in [6.07, 6.45) is 3.48. The highest BCUT2D eigenvalue weighted by atomic mass is 79.9. The van der Waals surface area contributed by atoms with E-state index in [-0.39, 0.29) is 5.78 Å². The second-order valence-electron chi connectivity index (χ2n) is 2.78. The van der Waals surface area contributed by atoms with E-state index >= 15 is 0 Å². The molecular weight excluding hydrogens is 230 g/mol. The fourth-order valence-electron chi connectivity index (χ4n) is 0.796. The number of hydrogen-bond acceptors (Lipinski definition) is 2. The van der Waals surface area contributed by atoms with Crippen LogP contribution in [0.1, 0.15) is 19.5 Å². The molecule has 0 aliphatic heterocycles. The highest BCUT2D eigenvalue weighted by Crippen LogP contribution is 2.10. The van der Waals surface area contributed by atoms with Crippen molar-refractivity contribution in [2.45, 2.75) is 13.8 Å². The fraction of sp³-hybridized carbons (Fsp3) is 0.200. The second kappa shape index (κ2) is 4.33. The second-order valence-corrected chi connectivity index (χ2v) is 3.70. The third-order valence-electron chi connectivity index (χ3n) is 1.67. The maximum Gasteiger partial charge on any atom is 0.155 e. The smallest absolute Gasteiger partial charge is 0.155 e. The molecule has 0 unspecified atom stereocenters. The molecule has 0 aliphatic carbocycles. The Balaban J connectivity index is 2.92. The third-order valence-corrected chi connectivity index (χ3v) is 2.14. The summed E-state index contributed by atoms with van der Waals surface area (Å²) in [5, 5.41) is 0. The predicted octanol–water partition coefficient (Wildman–Crippen LogP) is 2.84. The summed E-state index contributed by atoms with van der Waals surface area (Å²) in [4.78, 5) is 15.0. The lowest BCUT2D eigenvalue weighted by atomic mass is 10.2. The van der Waals surface area contributed by atoms with E-state index in [1.54, 1.807) is 26.1 Å². The molecule has 0 N–H and O–H groups in total. The van der Waals surface area contributed by atoms with Crippen molar-refractivity contribution in [3.05, 3.63) is 34.1 Å². The number of hydrogen-bond donors (Lipinski definition) is 0. The number of Topliss-reactive ketones (excluding diaryl/α,β-unsaturated/α-hetero) is 1. The minimum atomic E-state index is 0.0738. The number of ketones is 1. The topological polar surface area (TPSA) is 30.0 Å². The molecule has 0 radical (unpaired) electrons. The van der Waals surface area contributed by atoms with Crippen molar-refractivity contribution in [2.24, 2.45) is 0 Å². The lowest BCUT2D eigenvalue weighted by Crippen LogP contribution is -1.91. The van der Waals surface area contributed by atoms with Crippen molar-refractivity contribution < 1.29 is 4.79 Å². The highest BCUT2D eigenvalue weighted by molar-refractivity contribution is 9.10. The molecule has 1 aromatic heterocycles. The molecule has 0 bridgehead atoms. The fourth-order valence-corrected chi connectivity index (χ4v) is 1.03. The van der Waals surface area contributed by atoms with Crippen LogP contribution in [0.25, 0.3) is 6.08 Å². The largest absolute Gasteiger partial charge is 0.295 e. The quantitative estimate of drug-likeness (QED) is 0.744. The van der Waals surface area contributed by atoms with Gasteiger partial charge in [0.25, 0.3) is 0 Å². The maximum atomic E-state index is 10.9. The average molecular weight is 240 g/mol. The first kappa shape index (κ1) is 10.1. The zero-order valence-corrected chi connectivity index (χ0v) is 9.13. The van der Waals surface area contributed by atoms with Crippen LogP contribution in [0.15, 0.2) is 28.4 Å². The number of pyridine rings is 1. The molecule has 0 saturated heterocycles. The molecule has 0 aliphatic rings. The van der Waals surface area contributed by atoms with Gasteiger partial charge in [0.05, 0.1) is 5.69 Å². The van der Waals surface area contributed by atoms with Gasteiger partial charge >= 0.3 is 0 Å². The van der Waals surface area contributed by atoms with Gasteiger partial charge in [0.15, 0.2) is 5.78 Å². The minimum absolute atomic E-state index is 0.0738. The average Bonchev–Trinajstić information content (AvgIpc) is 2.08. The molecule has 1 heterocycles. The van der Waals surface area contributed by atoms with Gasteiger partial charge in [-0.25, -0.2) is 0 Å². The van der Waals surface area contributed by atoms with E-state index in [1.165, 1.54) is 0 Å². The molecule has 68 valence electrons. The zero-order chi connectivity index (χ0) is 9.84. The van der Waals surface area contributed by atoms with Gasteiger partial charge in [0, 0.05) is 10.7 Å². The molecule has 0 atom stereocenters. The predicted molar refractivity (Wildman–Crippen MR) is 56.3 cm³/mol. The number of halogens is 1. The van der Waals surface area contributed by atoms with Gasteiger partial charge in [-0.05, 0) is 53.6 Å². The Morgan fingerprint density at radius 2 is 2.15 bits per heavy atom. The van der Waals surface area contributed by atoms with E-state index in [0.717, 1.165) is 15.7 Å². The Kier molecular flexibility index (Phi) is 3.37. The number of carbonyl (C=O) groups excluding carboxylic acids is 1. The first-order valence-electron chi connectivity index (χ1n) is 3.90. The summed E-state index contributed by atoms with van der Waals surface area (Å²) in [5.41, 5.74) is 1.52. The molecule has 1 rings (SSSR count). The Labute approximate surface area is 85.8 Å². The van der Waals surface area contributed by atoms with Gasteiger partial charge in [-0.2, -0.15) is 0 Å². The Morgan fingerprint density at radius 1 is 1.46 bits per heavy atom.